The molecule has 0 aliphatic rings. The number of nitrogens with one attached hydrogen (secondary N) is 1. The predicted octanol–water partition coefficient (Wildman–Crippen LogP) is 3.89. The van der Waals surface area contributed by atoms with Crippen LogP contribution in [0.3, 0.4) is 0 Å². The fourth-order valence-corrected chi connectivity index (χ4v) is 1.83. The second-order valence-corrected chi connectivity index (χ2v) is 4.92. The van der Waals surface area contributed by atoms with Gasteiger partial charge in [0.2, 0.25) is 5.88 Å². The van der Waals surface area contributed by atoms with Crippen LogP contribution >= 0.6 is 15.9 Å². The molecule has 0 atom stereocenters. The number of benzene rings is 1. The number of ether oxygens (including phenoxy) is 1. The van der Waals surface area contributed by atoms with Gasteiger partial charge < -0.3 is 10.1 Å². The molecule has 6 nitrogen and oxygen atoms in total. The quantitative estimate of drug-likeness (QED) is 0.676. The number of nitrogens with zero attached hydrogens (tertiary/aromatic N) is 2. The van der Waals surface area contributed by atoms with Crippen molar-refractivity contribution in [2.24, 2.45) is 0 Å². The molecule has 1 heterocycles. The smallest absolute Gasteiger partial charge is 0.278 e. The van der Waals surface area contributed by atoms with Crippen molar-refractivity contribution >= 4 is 27.4 Å². The molecule has 1 aromatic carbocycles. The number of halogens is 1. The summed E-state index contributed by atoms with van der Waals surface area (Å²) < 4.78 is 6.54. The van der Waals surface area contributed by atoms with Crippen LogP contribution in [0, 0.1) is 17.0 Å². The number of pyridine rings is 1. The number of hydrogen-bond donors (Lipinski definition) is 1. The van der Waals surface area contributed by atoms with E-state index in [4.69, 9.17) is 4.74 Å². The minimum Gasteiger partial charge on any atom is -0.439 e. The summed E-state index contributed by atoms with van der Waals surface area (Å²) in [6, 6.07) is 8.07. The van der Waals surface area contributed by atoms with Crippen LogP contribution in [-0.4, -0.2) is 17.0 Å². The first-order chi connectivity index (χ1) is 9.49. The van der Waals surface area contributed by atoms with E-state index in [0.717, 1.165) is 10.0 Å². The average Bonchev–Trinajstić information content (AvgIpc) is 2.42. The standard InChI is InChI=1S/C13H12BrN3O3/c1-8-5-10(3-4-11(8)14)20-13-7-9(17(18)19)6-12(15-2)16-13/h3-7H,1-2H3,(H,15,16). The fraction of sp³-hybridized carbons (Fsp3) is 0.154. The molecule has 0 unspecified atom stereocenters. The highest BCUT2D eigenvalue weighted by molar-refractivity contribution is 9.10. The van der Waals surface area contributed by atoms with E-state index in [-0.39, 0.29) is 11.6 Å². The number of anilines is 1. The number of rotatable bonds is 4. The monoisotopic (exact) mass is 337 g/mol. The molecule has 2 rings (SSSR count). The van der Waals surface area contributed by atoms with Crippen molar-refractivity contribution in [1.29, 1.82) is 0 Å². The van der Waals surface area contributed by atoms with Gasteiger partial charge in [0.15, 0.2) is 0 Å². The zero-order chi connectivity index (χ0) is 14.7. The second kappa shape index (κ2) is 5.87. The highest BCUT2D eigenvalue weighted by Crippen LogP contribution is 2.28. The summed E-state index contributed by atoms with van der Waals surface area (Å²) in [4.78, 5) is 14.5. The minimum atomic E-state index is -0.484. The van der Waals surface area contributed by atoms with Gasteiger partial charge in [-0.25, -0.2) is 0 Å². The van der Waals surface area contributed by atoms with E-state index in [1.807, 2.05) is 19.1 Å². The molecule has 0 fully saturated rings. The molecule has 0 bridgehead atoms. The second-order valence-electron chi connectivity index (χ2n) is 4.07. The third-order valence-corrected chi connectivity index (χ3v) is 3.50. The van der Waals surface area contributed by atoms with Gasteiger partial charge in [-0.2, -0.15) is 4.98 Å². The summed E-state index contributed by atoms with van der Waals surface area (Å²) in [6.45, 7) is 1.93. The van der Waals surface area contributed by atoms with Crippen molar-refractivity contribution in [1.82, 2.24) is 4.98 Å². The largest absolute Gasteiger partial charge is 0.439 e. The highest BCUT2D eigenvalue weighted by Gasteiger charge is 2.12. The zero-order valence-electron chi connectivity index (χ0n) is 10.9. The summed E-state index contributed by atoms with van der Waals surface area (Å²) in [5, 5.41) is 13.6. The Bertz CT molecular complexity index is 661. The Morgan fingerprint density at radius 1 is 1.35 bits per heavy atom. The van der Waals surface area contributed by atoms with E-state index < -0.39 is 4.92 Å². The zero-order valence-corrected chi connectivity index (χ0v) is 12.5. The number of nitro groups is 1. The van der Waals surface area contributed by atoms with Crippen molar-refractivity contribution in [2.45, 2.75) is 6.92 Å². The lowest BCUT2D eigenvalue weighted by Crippen LogP contribution is -1.98. The molecule has 1 N–H and O–H groups in total. The maximum atomic E-state index is 10.9. The molecule has 1 aromatic heterocycles. The van der Waals surface area contributed by atoms with Gasteiger partial charge in [0, 0.05) is 11.5 Å². The molecule has 0 aliphatic heterocycles. The van der Waals surface area contributed by atoms with Crippen LogP contribution in [-0.2, 0) is 0 Å². The van der Waals surface area contributed by atoms with Crippen molar-refractivity contribution in [2.75, 3.05) is 12.4 Å². The molecule has 20 heavy (non-hydrogen) atoms. The molecular formula is C13H12BrN3O3. The van der Waals surface area contributed by atoms with Gasteiger partial charge in [-0.15, -0.1) is 0 Å². The molecular weight excluding hydrogens is 326 g/mol. The van der Waals surface area contributed by atoms with Gasteiger partial charge in [0.1, 0.15) is 11.6 Å². The molecule has 0 amide bonds. The summed E-state index contributed by atoms with van der Waals surface area (Å²) in [5.74, 6) is 1.12. The molecule has 0 saturated carbocycles. The van der Waals surface area contributed by atoms with E-state index in [1.165, 1.54) is 12.1 Å². The van der Waals surface area contributed by atoms with Crippen molar-refractivity contribution in [3.8, 4) is 11.6 Å². The average molecular weight is 338 g/mol. The van der Waals surface area contributed by atoms with Gasteiger partial charge >= 0.3 is 0 Å². The molecule has 7 heteroatoms. The summed E-state index contributed by atoms with van der Waals surface area (Å²) >= 11 is 3.40. The first-order valence-electron chi connectivity index (χ1n) is 5.78. The van der Waals surface area contributed by atoms with Crippen LogP contribution in [0.25, 0.3) is 0 Å². The number of aryl methyl sites for hydroxylation is 1. The molecule has 0 radical (unpaired) electrons. The van der Waals surface area contributed by atoms with Crippen LogP contribution in [0.15, 0.2) is 34.8 Å². The van der Waals surface area contributed by atoms with Crippen LogP contribution in [0.2, 0.25) is 0 Å². The maximum absolute atomic E-state index is 10.9. The first-order valence-corrected chi connectivity index (χ1v) is 6.57. The lowest BCUT2D eigenvalue weighted by atomic mass is 10.2. The van der Waals surface area contributed by atoms with Crippen molar-refractivity contribution < 1.29 is 9.66 Å². The number of aromatic nitrogens is 1. The topological polar surface area (TPSA) is 77.3 Å². The third kappa shape index (κ3) is 3.24. The Hall–Kier alpha value is -2.15. The lowest BCUT2D eigenvalue weighted by molar-refractivity contribution is -0.384. The summed E-state index contributed by atoms with van der Waals surface area (Å²) in [5.41, 5.74) is 0.926. The Kier molecular flexibility index (Phi) is 4.19. The first kappa shape index (κ1) is 14.3. The Balaban J connectivity index is 2.34. The van der Waals surface area contributed by atoms with E-state index in [1.54, 1.807) is 13.1 Å². The molecule has 0 spiro atoms. The lowest BCUT2D eigenvalue weighted by Gasteiger charge is -2.08. The van der Waals surface area contributed by atoms with E-state index in [9.17, 15) is 10.1 Å². The SMILES string of the molecule is CNc1cc([N+](=O)[O-])cc(Oc2ccc(Br)c(C)c2)n1. The van der Waals surface area contributed by atoms with Gasteiger partial charge in [0.25, 0.3) is 5.69 Å². The predicted molar refractivity (Wildman–Crippen MR) is 79.4 cm³/mol. The van der Waals surface area contributed by atoms with Crippen LogP contribution < -0.4 is 10.1 Å². The Morgan fingerprint density at radius 3 is 2.70 bits per heavy atom. The van der Waals surface area contributed by atoms with E-state index in [2.05, 4.69) is 26.2 Å². The van der Waals surface area contributed by atoms with E-state index >= 15 is 0 Å². The van der Waals surface area contributed by atoms with Gasteiger partial charge in [0.05, 0.1) is 17.1 Å². The molecule has 104 valence electrons. The molecule has 2 aromatic rings. The molecule has 0 saturated heterocycles. The summed E-state index contributed by atoms with van der Waals surface area (Å²) in [7, 11) is 1.64. The highest BCUT2D eigenvalue weighted by atomic mass is 79.9. The van der Waals surface area contributed by atoms with Crippen molar-refractivity contribution in [3.63, 3.8) is 0 Å². The third-order valence-electron chi connectivity index (χ3n) is 2.61. The fourth-order valence-electron chi connectivity index (χ4n) is 1.58. The normalized spacial score (nSPS) is 10.2. The van der Waals surface area contributed by atoms with Gasteiger partial charge in [-0.05, 0) is 30.7 Å². The van der Waals surface area contributed by atoms with Crippen LogP contribution in [0.5, 0.6) is 11.6 Å². The van der Waals surface area contributed by atoms with Gasteiger partial charge in [-0.1, -0.05) is 15.9 Å². The van der Waals surface area contributed by atoms with Crippen LogP contribution in [0.4, 0.5) is 11.5 Å². The van der Waals surface area contributed by atoms with Gasteiger partial charge in [-0.3, -0.25) is 10.1 Å². The number of hydrogen-bond acceptors (Lipinski definition) is 5. The van der Waals surface area contributed by atoms with Crippen LogP contribution in [0.1, 0.15) is 5.56 Å². The summed E-state index contributed by atoms with van der Waals surface area (Å²) in [6.07, 6.45) is 0. The maximum Gasteiger partial charge on any atom is 0.278 e. The van der Waals surface area contributed by atoms with Crippen molar-refractivity contribution in [3.05, 3.63) is 50.5 Å². The van der Waals surface area contributed by atoms with E-state index in [0.29, 0.717) is 11.6 Å². The minimum absolute atomic E-state index is 0.0758. The molecule has 0 aliphatic carbocycles. The Labute approximate surface area is 124 Å². The Morgan fingerprint density at radius 2 is 2.10 bits per heavy atom.